The molecule has 0 bridgehead atoms. The fourth-order valence-corrected chi connectivity index (χ4v) is 3.79. The summed E-state index contributed by atoms with van der Waals surface area (Å²) >= 11 is 0. The van der Waals surface area contributed by atoms with Crippen LogP contribution in [0.15, 0.2) is 54.6 Å². The molecular weight excluding hydrogens is 332 g/mol. The molecule has 0 heterocycles. The van der Waals surface area contributed by atoms with Crippen LogP contribution in [0.1, 0.15) is 36.3 Å². The van der Waals surface area contributed by atoms with E-state index < -0.39 is 0 Å². The molecule has 3 rings (SSSR count). The molecule has 2 aromatic rings. The van der Waals surface area contributed by atoms with Gasteiger partial charge in [-0.3, -0.25) is 4.79 Å². The van der Waals surface area contributed by atoms with E-state index in [-0.39, 0.29) is 11.8 Å². The molecular formula is C24H30N2O. The Labute approximate surface area is 163 Å². The van der Waals surface area contributed by atoms with E-state index in [1.807, 2.05) is 28.2 Å². The molecule has 1 fully saturated rings. The maximum atomic E-state index is 12.4. The highest BCUT2D eigenvalue weighted by atomic mass is 16.1. The van der Waals surface area contributed by atoms with Gasteiger partial charge in [0.05, 0.1) is 0 Å². The van der Waals surface area contributed by atoms with Gasteiger partial charge in [0.15, 0.2) is 0 Å². The quantitative estimate of drug-likeness (QED) is 0.724. The average molecular weight is 363 g/mol. The Hall–Kier alpha value is -2.55. The summed E-state index contributed by atoms with van der Waals surface area (Å²) in [6.45, 7) is 0. The standard InChI is InChI=1S/C24H30N2O/c1-25(2)20-13-8-18(9-14-20)10-17-22(23-6-5-7-24(23)27)19-11-15-21(16-12-19)26(3)4/h8-17,22-23H,5-7H2,1-4H3/b17-10+. The summed E-state index contributed by atoms with van der Waals surface area (Å²) < 4.78 is 0. The predicted molar refractivity (Wildman–Crippen MR) is 116 cm³/mol. The fourth-order valence-electron chi connectivity index (χ4n) is 3.79. The van der Waals surface area contributed by atoms with Gasteiger partial charge in [-0.1, -0.05) is 36.4 Å². The molecule has 1 saturated carbocycles. The van der Waals surface area contributed by atoms with Gasteiger partial charge in [0.1, 0.15) is 5.78 Å². The minimum Gasteiger partial charge on any atom is -0.378 e. The minimum atomic E-state index is 0.104. The van der Waals surface area contributed by atoms with E-state index in [0.29, 0.717) is 5.78 Å². The smallest absolute Gasteiger partial charge is 0.136 e. The normalized spacial score (nSPS) is 18.1. The maximum absolute atomic E-state index is 12.4. The molecule has 0 N–H and O–H groups in total. The number of nitrogens with zero attached hydrogens (tertiary/aromatic N) is 2. The maximum Gasteiger partial charge on any atom is 0.136 e. The highest BCUT2D eigenvalue weighted by Crippen LogP contribution is 2.37. The Morgan fingerprint density at radius 1 is 0.889 bits per heavy atom. The molecule has 2 atom stereocenters. The number of ketones is 1. The number of carbonyl (C=O) groups is 1. The molecule has 0 spiro atoms. The zero-order chi connectivity index (χ0) is 19.4. The van der Waals surface area contributed by atoms with E-state index in [2.05, 4.69) is 70.5 Å². The van der Waals surface area contributed by atoms with Crippen molar-refractivity contribution >= 4 is 23.2 Å². The van der Waals surface area contributed by atoms with E-state index >= 15 is 0 Å². The molecule has 3 heteroatoms. The molecule has 1 aliphatic rings. The average Bonchev–Trinajstić information content (AvgIpc) is 3.08. The largest absolute Gasteiger partial charge is 0.378 e. The first-order valence-corrected chi connectivity index (χ1v) is 9.71. The third-order valence-corrected chi connectivity index (χ3v) is 5.49. The fraction of sp³-hybridized carbons (Fsp3) is 0.375. The number of carbonyl (C=O) groups excluding carboxylic acids is 1. The van der Waals surface area contributed by atoms with Crippen molar-refractivity contribution in [1.82, 2.24) is 0 Å². The SMILES string of the molecule is CN(C)c1ccc(/C=C/C(c2ccc(N(C)C)cc2)C2CCCC2=O)cc1. The summed E-state index contributed by atoms with van der Waals surface area (Å²) in [7, 11) is 8.18. The monoisotopic (exact) mass is 362 g/mol. The number of anilines is 2. The summed E-state index contributed by atoms with van der Waals surface area (Å²) in [6, 6.07) is 17.1. The lowest BCUT2D eigenvalue weighted by Crippen LogP contribution is -2.16. The Balaban J connectivity index is 1.86. The van der Waals surface area contributed by atoms with Gasteiger partial charge < -0.3 is 9.80 Å². The van der Waals surface area contributed by atoms with Crippen molar-refractivity contribution in [3.63, 3.8) is 0 Å². The van der Waals surface area contributed by atoms with Crippen molar-refractivity contribution in [2.24, 2.45) is 5.92 Å². The van der Waals surface area contributed by atoms with Gasteiger partial charge in [-0.05, 0) is 48.2 Å². The number of hydrogen-bond acceptors (Lipinski definition) is 3. The van der Waals surface area contributed by atoms with E-state index in [0.717, 1.165) is 19.3 Å². The Kier molecular flexibility index (Phi) is 6.00. The van der Waals surface area contributed by atoms with Crippen LogP contribution in [0.25, 0.3) is 6.08 Å². The second kappa shape index (κ2) is 8.43. The molecule has 0 radical (unpaired) electrons. The van der Waals surface area contributed by atoms with Crippen molar-refractivity contribution in [3.8, 4) is 0 Å². The molecule has 142 valence electrons. The Morgan fingerprint density at radius 3 is 1.93 bits per heavy atom. The van der Waals surface area contributed by atoms with E-state index in [1.54, 1.807) is 0 Å². The summed E-state index contributed by atoms with van der Waals surface area (Å²) in [6.07, 6.45) is 7.12. The van der Waals surface area contributed by atoms with Crippen LogP contribution in [0.2, 0.25) is 0 Å². The Morgan fingerprint density at radius 2 is 1.44 bits per heavy atom. The van der Waals surface area contributed by atoms with Crippen LogP contribution in [-0.4, -0.2) is 34.0 Å². The minimum absolute atomic E-state index is 0.104. The van der Waals surface area contributed by atoms with Gasteiger partial charge >= 0.3 is 0 Å². The van der Waals surface area contributed by atoms with Crippen molar-refractivity contribution in [3.05, 3.63) is 65.7 Å². The molecule has 2 aromatic carbocycles. The van der Waals surface area contributed by atoms with Crippen LogP contribution in [0.4, 0.5) is 11.4 Å². The Bertz CT molecular complexity index is 788. The van der Waals surface area contributed by atoms with Crippen LogP contribution >= 0.6 is 0 Å². The summed E-state index contributed by atoms with van der Waals surface area (Å²) in [4.78, 5) is 16.6. The molecule has 0 aliphatic heterocycles. The van der Waals surface area contributed by atoms with Crippen molar-refractivity contribution < 1.29 is 4.79 Å². The van der Waals surface area contributed by atoms with Crippen molar-refractivity contribution in [2.75, 3.05) is 38.0 Å². The van der Waals surface area contributed by atoms with E-state index in [4.69, 9.17) is 0 Å². The molecule has 3 nitrogen and oxygen atoms in total. The molecule has 0 amide bonds. The van der Waals surface area contributed by atoms with Gasteiger partial charge in [-0.2, -0.15) is 0 Å². The van der Waals surface area contributed by atoms with Crippen molar-refractivity contribution in [2.45, 2.75) is 25.2 Å². The first kappa shape index (κ1) is 19.2. The van der Waals surface area contributed by atoms with Gasteiger partial charge in [-0.15, -0.1) is 0 Å². The van der Waals surface area contributed by atoms with Crippen molar-refractivity contribution in [1.29, 1.82) is 0 Å². The van der Waals surface area contributed by atoms with Crippen LogP contribution in [0, 0.1) is 5.92 Å². The third-order valence-electron chi connectivity index (χ3n) is 5.49. The third kappa shape index (κ3) is 4.60. The van der Waals surface area contributed by atoms with E-state index in [9.17, 15) is 4.79 Å². The van der Waals surface area contributed by atoms with Gasteiger partial charge in [0.2, 0.25) is 0 Å². The second-order valence-electron chi connectivity index (χ2n) is 7.82. The molecule has 0 saturated heterocycles. The van der Waals surface area contributed by atoms with E-state index in [1.165, 1.54) is 22.5 Å². The van der Waals surface area contributed by atoms with Crippen LogP contribution in [0.3, 0.4) is 0 Å². The van der Waals surface area contributed by atoms with Gasteiger partial charge in [0.25, 0.3) is 0 Å². The lowest BCUT2D eigenvalue weighted by molar-refractivity contribution is -0.120. The molecule has 0 aromatic heterocycles. The highest BCUT2D eigenvalue weighted by Gasteiger charge is 2.31. The summed E-state index contributed by atoms with van der Waals surface area (Å²) in [5.74, 6) is 0.654. The molecule has 2 unspecified atom stereocenters. The predicted octanol–water partition coefficient (Wildman–Crippen LogP) is 4.98. The number of rotatable bonds is 6. The summed E-state index contributed by atoms with van der Waals surface area (Å²) in [5.41, 5.74) is 4.76. The number of benzene rings is 2. The number of allylic oxidation sites excluding steroid dienone is 1. The first-order chi connectivity index (χ1) is 13.0. The molecule has 27 heavy (non-hydrogen) atoms. The van der Waals surface area contributed by atoms with Crippen LogP contribution in [0.5, 0.6) is 0 Å². The van der Waals surface area contributed by atoms with Crippen LogP contribution in [-0.2, 0) is 4.79 Å². The van der Waals surface area contributed by atoms with Gasteiger partial charge in [0, 0.05) is 57.8 Å². The number of hydrogen-bond donors (Lipinski definition) is 0. The topological polar surface area (TPSA) is 23.6 Å². The van der Waals surface area contributed by atoms with Gasteiger partial charge in [-0.25, -0.2) is 0 Å². The zero-order valence-electron chi connectivity index (χ0n) is 16.9. The zero-order valence-corrected chi connectivity index (χ0v) is 16.9. The van der Waals surface area contributed by atoms with Crippen LogP contribution < -0.4 is 9.80 Å². The highest BCUT2D eigenvalue weighted by molar-refractivity contribution is 5.84. The first-order valence-electron chi connectivity index (χ1n) is 9.71. The lowest BCUT2D eigenvalue weighted by Gasteiger charge is -2.21. The summed E-state index contributed by atoms with van der Waals surface area (Å²) in [5, 5.41) is 0. The second-order valence-corrected chi connectivity index (χ2v) is 7.82. The number of Topliss-reactive ketones (excluding diaryl/α,β-unsaturated/α-hetero) is 1. The molecule has 1 aliphatic carbocycles. The lowest BCUT2D eigenvalue weighted by atomic mass is 9.83.